The fraction of sp³-hybridized carbons (Fsp3) is 0.917. The lowest BCUT2D eigenvalue weighted by Gasteiger charge is -2.28. The van der Waals surface area contributed by atoms with E-state index in [0.29, 0.717) is 30.9 Å². The van der Waals surface area contributed by atoms with Gasteiger partial charge in [0, 0.05) is 19.1 Å². The molecule has 0 atom stereocenters. The summed E-state index contributed by atoms with van der Waals surface area (Å²) in [5, 5.41) is 12.1. The van der Waals surface area contributed by atoms with E-state index in [0.717, 1.165) is 25.7 Å². The monoisotopic (exact) mass is 213 g/mol. The van der Waals surface area contributed by atoms with Crippen LogP contribution < -0.4 is 5.32 Å². The van der Waals surface area contributed by atoms with Crippen LogP contribution >= 0.6 is 0 Å². The predicted octanol–water partition coefficient (Wildman–Crippen LogP) is 1.70. The maximum Gasteiger partial charge on any atom is 0.220 e. The summed E-state index contributed by atoms with van der Waals surface area (Å²) in [5.41, 5.74) is 0. The Morgan fingerprint density at radius 1 is 1.33 bits per heavy atom. The molecule has 0 bridgehead atoms. The molecule has 0 heterocycles. The Labute approximate surface area is 92.3 Å². The Hall–Kier alpha value is -0.570. The van der Waals surface area contributed by atoms with Gasteiger partial charge in [0.05, 0.1) is 0 Å². The second kappa shape index (κ2) is 6.11. The molecule has 0 aromatic rings. The summed E-state index contributed by atoms with van der Waals surface area (Å²) in [4.78, 5) is 11.5. The van der Waals surface area contributed by atoms with E-state index in [1.165, 1.54) is 0 Å². The highest BCUT2D eigenvalue weighted by Crippen LogP contribution is 2.23. The number of carbonyl (C=O) groups excluding carboxylic acids is 1. The van der Waals surface area contributed by atoms with Gasteiger partial charge in [-0.1, -0.05) is 13.8 Å². The van der Waals surface area contributed by atoms with E-state index in [4.69, 9.17) is 5.11 Å². The molecule has 1 aliphatic carbocycles. The van der Waals surface area contributed by atoms with E-state index in [1.807, 2.05) is 0 Å². The molecule has 0 saturated heterocycles. The van der Waals surface area contributed by atoms with Gasteiger partial charge in [-0.05, 0) is 37.5 Å². The van der Waals surface area contributed by atoms with Crippen LogP contribution in [0.2, 0.25) is 0 Å². The highest BCUT2D eigenvalue weighted by molar-refractivity contribution is 5.76. The lowest BCUT2D eigenvalue weighted by atomic mass is 9.86. The van der Waals surface area contributed by atoms with E-state index in [9.17, 15) is 4.79 Å². The molecule has 0 aromatic heterocycles. The Morgan fingerprint density at radius 3 is 2.40 bits per heavy atom. The van der Waals surface area contributed by atoms with E-state index in [-0.39, 0.29) is 5.91 Å². The second-order valence-corrected chi connectivity index (χ2v) is 5.07. The van der Waals surface area contributed by atoms with Crippen LogP contribution in [0.5, 0.6) is 0 Å². The Bertz CT molecular complexity index is 196. The van der Waals surface area contributed by atoms with Crippen LogP contribution in [-0.2, 0) is 4.79 Å². The van der Waals surface area contributed by atoms with E-state index in [2.05, 4.69) is 19.2 Å². The topological polar surface area (TPSA) is 49.3 Å². The fourth-order valence-electron chi connectivity index (χ4n) is 2.15. The minimum absolute atomic E-state index is 0.178. The number of aliphatic hydroxyl groups is 1. The summed E-state index contributed by atoms with van der Waals surface area (Å²) in [6.07, 6.45) is 4.76. The van der Waals surface area contributed by atoms with E-state index < -0.39 is 0 Å². The SMILES string of the molecule is CC(C)CC(=O)NC1CCC(CO)CC1. The molecule has 1 rings (SSSR count). The van der Waals surface area contributed by atoms with Crippen molar-refractivity contribution < 1.29 is 9.90 Å². The maximum atomic E-state index is 11.5. The summed E-state index contributed by atoms with van der Waals surface area (Å²) >= 11 is 0. The second-order valence-electron chi connectivity index (χ2n) is 5.07. The van der Waals surface area contributed by atoms with Crippen LogP contribution in [0.25, 0.3) is 0 Å². The molecule has 3 nitrogen and oxygen atoms in total. The molecule has 1 amide bonds. The van der Waals surface area contributed by atoms with Gasteiger partial charge in [-0.3, -0.25) is 4.79 Å². The van der Waals surface area contributed by atoms with Crippen molar-refractivity contribution in [1.29, 1.82) is 0 Å². The van der Waals surface area contributed by atoms with Gasteiger partial charge in [0.15, 0.2) is 0 Å². The summed E-state index contributed by atoms with van der Waals surface area (Å²) in [5.74, 6) is 1.07. The zero-order valence-electron chi connectivity index (χ0n) is 9.83. The van der Waals surface area contributed by atoms with Crippen molar-refractivity contribution in [3.63, 3.8) is 0 Å². The van der Waals surface area contributed by atoms with Gasteiger partial charge in [0.1, 0.15) is 0 Å². The van der Waals surface area contributed by atoms with Gasteiger partial charge in [-0.25, -0.2) is 0 Å². The first-order valence-electron chi connectivity index (χ1n) is 6.02. The average Bonchev–Trinajstić information content (AvgIpc) is 2.17. The van der Waals surface area contributed by atoms with Crippen LogP contribution in [0.15, 0.2) is 0 Å². The molecule has 88 valence electrons. The first-order chi connectivity index (χ1) is 7.11. The van der Waals surface area contributed by atoms with Crippen LogP contribution in [0.1, 0.15) is 46.0 Å². The molecule has 0 radical (unpaired) electrons. The molecular weight excluding hydrogens is 190 g/mol. The molecule has 1 aliphatic rings. The first-order valence-corrected chi connectivity index (χ1v) is 6.02. The van der Waals surface area contributed by atoms with Crippen molar-refractivity contribution >= 4 is 5.91 Å². The highest BCUT2D eigenvalue weighted by atomic mass is 16.3. The highest BCUT2D eigenvalue weighted by Gasteiger charge is 2.21. The van der Waals surface area contributed by atoms with Gasteiger partial charge < -0.3 is 10.4 Å². The van der Waals surface area contributed by atoms with Crippen molar-refractivity contribution in [2.24, 2.45) is 11.8 Å². The zero-order chi connectivity index (χ0) is 11.3. The predicted molar refractivity (Wildman–Crippen MR) is 60.4 cm³/mol. The van der Waals surface area contributed by atoms with E-state index in [1.54, 1.807) is 0 Å². The molecule has 0 aliphatic heterocycles. The van der Waals surface area contributed by atoms with Crippen molar-refractivity contribution in [3.05, 3.63) is 0 Å². The lowest BCUT2D eigenvalue weighted by molar-refractivity contribution is -0.122. The molecule has 1 saturated carbocycles. The third-order valence-electron chi connectivity index (χ3n) is 3.06. The zero-order valence-corrected chi connectivity index (χ0v) is 9.83. The molecule has 2 N–H and O–H groups in total. The summed E-state index contributed by atoms with van der Waals surface area (Å²) in [6.45, 7) is 4.41. The first kappa shape index (κ1) is 12.5. The molecule has 0 spiro atoms. The van der Waals surface area contributed by atoms with Crippen LogP contribution in [0.3, 0.4) is 0 Å². The van der Waals surface area contributed by atoms with Crippen molar-refractivity contribution in [2.45, 2.75) is 52.0 Å². The molecule has 0 unspecified atom stereocenters. The quantitative estimate of drug-likeness (QED) is 0.746. The minimum Gasteiger partial charge on any atom is -0.396 e. The Balaban J connectivity index is 2.20. The normalized spacial score (nSPS) is 26.7. The molecule has 1 fully saturated rings. The van der Waals surface area contributed by atoms with Gasteiger partial charge >= 0.3 is 0 Å². The van der Waals surface area contributed by atoms with Crippen molar-refractivity contribution in [2.75, 3.05) is 6.61 Å². The van der Waals surface area contributed by atoms with Gasteiger partial charge in [-0.15, -0.1) is 0 Å². The van der Waals surface area contributed by atoms with Crippen LogP contribution in [0.4, 0.5) is 0 Å². The smallest absolute Gasteiger partial charge is 0.220 e. The van der Waals surface area contributed by atoms with Crippen LogP contribution in [0, 0.1) is 11.8 Å². The molecule has 0 aromatic carbocycles. The number of hydrogen-bond donors (Lipinski definition) is 2. The fourth-order valence-corrected chi connectivity index (χ4v) is 2.15. The number of carbonyl (C=O) groups is 1. The number of hydrogen-bond acceptors (Lipinski definition) is 2. The number of nitrogens with one attached hydrogen (secondary N) is 1. The molecule has 3 heteroatoms. The molecule has 15 heavy (non-hydrogen) atoms. The third-order valence-corrected chi connectivity index (χ3v) is 3.06. The minimum atomic E-state index is 0.178. The van der Waals surface area contributed by atoms with Gasteiger partial charge in [-0.2, -0.15) is 0 Å². The average molecular weight is 213 g/mol. The summed E-state index contributed by atoms with van der Waals surface area (Å²) in [6, 6.07) is 0.346. The maximum absolute atomic E-state index is 11.5. The van der Waals surface area contributed by atoms with Crippen LogP contribution in [-0.4, -0.2) is 23.7 Å². The Kier molecular flexibility index (Phi) is 5.09. The van der Waals surface area contributed by atoms with E-state index >= 15 is 0 Å². The summed E-state index contributed by atoms with van der Waals surface area (Å²) < 4.78 is 0. The van der Waals surface area contributed by atoms with Gasteiger partial charge in [0.25, 0.3) is 0 Å². The Morgan fingerprint density at radius 2 is 1.93 bits per heavy atom. The van der Waals surface area contributed by atoms with Crippen molar-refractivity contribution in [3.8, 4) is 0 Å². The third kappa shape index (κ3) is 4.65. The molecular formula is C12H23NO2. The number of amides is 1. The summed E-state index contributed by atoms with van der Waals surface area (Å²) in [7, 11) is 0. The largest absolute Gasteiger partial charge is 0.396 e. The van der Waals surface area contributed by atoms with Gasteiger partial charge in [0.2, 0.25) is 5.91 Å². The number of rotatable bonds is 4. The van der Waals surface area contributed by atoms with Crippen molar-refractivity contribution in [1.82, 2.24) is 5.32 Å². The standard InChI is InChI=1S/C12H23NO2/c1-9(2)7-12(15)13-11-5-3-10(8-14)4-6-11/h9-11,14H,3-8H2,1-2H3,(H,13,15). The lowest BCUT2D eigenvalue weighted by Crippen LogP contribution is -2.38. The number of aliphatic hydroxyl groups excluding tert-OH is 1.